The molecule has 1 N–H and O–H groups in total. The summed E-state index contributed by atoms with van der Waals surface area (Å²) in [5.41, 5.74) is 0.872. The van der Waals surface area contributed by atoms with Crippen LogP contribution < -0.4 is 10.2 Å². The minimum absolute atomic E-state index is 0.0823. The Morgan fingerprint density at radius 2 is 2.28 bits per heavy atom. The largest absolute Gasteiger partial charge is 0.369 e. The molecule has 5 heteroatoms. The molecule has 1 unspecified atom stereocenters. The van der Waals surface area contributed by atoms with Gasteiger partial charge in [-0.25, -0.2) is 9.18 Å². The van der Waals surface area contributed by atoms with Crippen molar-refractivity contribution in [2.45, 2.75) is 12.5 Å². The van der Waals surface area contributed by atoms with E-state index in [1.807, 2.05) is 6.07 Å². The number of urea groups is 1. The lowest BCUT2D eigenvalue weighted by Gasteiger charge is -2.20. The zero-order chi connectivity index (χ0) is 13.1. The van der Waals surface area contributed by atoms with Crippen LogP contribution in [0.1, 0.15) is 6.42 Å². The van der Waals surface area contributed by atoms with Crippen molar-refractivity contribution >= 4 is 11.7 Å². The molecule has 2 rings (SSSR count). The number of carbonyl (C=O) groups excluding carboxylic acids is 1. The maximum atomic E-state index is 13.1. The van der Waals surface area contributed by atoms with Crippen molar-refractivity contribution in [1.29, 1.82) is 0 Å². The summed E-state index contributed by atoms with van der Waals surface area (Å²) in [6.45, 7) is 1.56. The highest BCUT2D eigenvalue weighted by Crippen LogP contribution is 2.21. The van der Waals surface area contributed by atoms with Crippen molar-refractivity contribution in [3.63, 3.8) is 0 Å². The van der Waals surface area contributed by atoms with Crippen molar-refractivity contribution in [2.75, 3.05) is 32.1 Å². The molecule has 1 aromatic carbocycles. The van der Waals surface area contributed by atoms with Crippen molar-refractivity contribution < 1.29 is 9.18 Å². The van der Waals surface area contributed by atoms with E-state index >= 15 is 0 Å². The average Bonchev–Trinajstić information content (AvgIpc) is 2.77. The van der Waals surface area contributed by atoms with Crippen LogP contribution in [-0.2, 0) is 0 Å². The molecule has 0 saturated carbocycles. The first kappa shape index (κ1) is 12.7. The maximum absolute atomic E-state index is 13.1. The van der Waals surface area contributed by atoms with E-state index in [-0.39, 0.29) is 17.9 Å². The molecule has 1 aromatic rings. The molecule has 1 heterocycles. The van der Waals surface area contributed by atoms with Gasteiger partial charge in [0.05, 0.1) is 0 Å². The second kappa shape index (κ2) is 5.25. The second-order valence-corrected chi connectivity index (χ2v) is 4.76. The standard InChI is InChI=1S/C13H18FN3O/c1-16(2)13(18)15-11-6-7-17(9-11)12-5-3-4-10(14)8-12/h3-5,8,11H,6-7,9H2,1-2H3,(H,15,18). The minimum atomic E-state index is -0.228. The summed E-state index contributed by atoms with van der Waals surface area (Å²) < 4.78 is 13.1. The molecule has 0 radical (unpaired) electrons. The number of hydrogen-bond acceptors (Lipinski definition) is 2. The Bertz CT molecular complexity index is 436. The number of halogens is 1. The van der Waals surface area contributed by atoms with Gasteiger partial charge in [-0.2, -0.15) is 0 Å². The molecule has 0 bridgehead atoms. The van der Waals surface area contributed by atoms with Gasteiger partial charge < -0.3 is 15.1 Å². The third kappa shape index (κ3) is 2.91. The number of carbonyl (C=O) groups is 1. The molecule has 1 atom stereocenters. The number of hydrogen-bond donors (Lipinski definition) is 1. The number of amides is 2. The molecule has 0 aromatic heterocycles. The summed E-state index contributed by atoms with van der Waals surface area (Å²) >= 11 is 0. The molecule has 0 spiro atoms. The summed E-state index contributed by atoms with van der Waals surface area (Å²) in [6, 6.07) is 6.60. The molecule has 1 saturated heterocycles. The SMILES string of the molecule is CN(C)C(=O)NC1CCN(c2cccc(F)c2)C1. The molecular formula is C13H18FN3O. The Kier molecular flexibility index (Phi) is 3.69. The van der Waals surface area contributed by atoms with Crippen LogP contribution in [-0.4, -0.2) is 44.2 Å². The van der Waals surface area contributed by atoms with Gasteiger partial charge in [-0.3, -0.25) is 0 Å². The van der Waals surface area contributed by atoms with Gasteiger partial charge in [-0.1, -0.05) is 6.07 Å². The molecule has 98 valence electrons. The summed E-state index contributed by atoms with van der Waals surface area (Å²) in [5, 5.41) is 2.94. The van der Waals surface area contributed by atoms with Gasteiger partial charge in [-0.15, -0.1) is 0 Å². The maximum Gasteiger partial charge on any atom is 0.317 e. The fourth-order valence-electron chi connectivity index (χ4n) is 2.09. The van der Waals surface area contributed by atoms with Crippen molar-refractivity contribution in [3.8, 4) is 0 Å². The lowest BCUT2D eigenvalue weighted by Crippen LogP contribution is -2.42. The van der Waals surface area contributed by atoms with Gasteiger partial charge in [0.2, 0.25) is 0 Å². The predicted molar refractivity (Wildman–Crippen MR) is 69.2 cm³/mol. The fourth-order valence-corrected chi connectivity index (χ4v) is 2.09. The lowest BCUT2D eigenvalue weighted by molar-refractivity contribution is 0.214. The van der Waals surface area contributed by atoms with E-state index < -0.39 is 0 Å². The highest BCUT2D eigenvalue weighted by molar-refractivity contribution is 5.74. The van der Waals surface area contributed by atoms with E-state index in [1.54, 1.807) is 20.2 Å². The van der Waals surface area contributed by atoms with Crippen LogP contribution in [0.15, 0.2) is 24.3 Å². The van der Waals surface area contributed by atoms with Gasteiger partial charge >= 0.3 is 6.03 Å². The molecule has 0 aliphatic carbocycles. The average molecular weight is 251 g/mol. The van der Waals surface area contributed by atoms with E-state index in [4.69, 9.17) is 0 Å². The number of nitrogens with zero attached hydrogens (tertiary/aromatic N) is 2. The molecule has 1 aliphatic rings. The van der Waals surface area contributed by atoms with E-state index in [0.29, 0.717) is 0 Å². The third-order valence-corrected chi connectivity index (χ3v) is 3.10. The minimum Gasteiger partial charge on any atom is -0.369 e. The van der Waals surface area contributed by atoms with Gasteiger partial charge in [0, 0.05) is 38.9 Å². The molecule has 1 aliphatic heterocycles. The van der Waals surface area contributed by atoms with Crippen molar-refractivity contribution in [2.24, 2.45) is 0 Å². The van der Waals surface area contributed by atoms with Crippen molar-refractivity contribution in [3.05, 3.63) is 30.1 Å². The lowest BCUT2D eigenvalue weighted by atomic mass is 10.2. The van der Waals surface area contributed by atoms with E-state index in [2.05, 4.69) is 10.2 Å². The van der Waals surface area contributed by atoms with Crippen LogP contribution in [0.25, 0.3) is 0 Å². The predicted octanol–water partition coefficient (Wildman–Crippen LogP) is 1.68. The topological polar surface area (TPSA) is 35.6 Å². The Labute approximate surface area is 106 Å². The monoisotopic (exact) mass is 251 g/mol. The Hall–Kier alpha value is -1.78. The van der Waals surface area contributed by atoms with Crippen LogP contribution >= 0.6 is 0 Å². The first-order valence-corrected chi connectivity index (χ1v) is 6.04. The fraction of sp³-hybridized carbons (Fsp3) is 0.462. The number of nitrogens with one attached hydrogen (secondary N) is 1. The van der Waals surface area contributed by atoms with Crippen LogP contribution in [0.4, 0.5) is 14.9 Å². The Morgan fingerprint density at radius 1 is 1.50 bits per heavy atom. The molecule has 4 nitrogen and oxygen atoms in total. The normalized spacial score (nSPS) is 18.8. The van der Waals surface area contributed by atoms with Crippen LogP contribution in [0.5, 0.6) is 0 Å². The van der Waals surface area contributed by atoms with Gasteiger partial charge in [-0.05, 0) is 24.6 Å². The van der Waals surface area contributed by atoms with Crippen LogP contribution in [0.3, 0.4) is 0 Å². The smallest absolute Gasteiger partial charge is 0.317 e. The molecule has 2 amide bonds. The highest BCUT2D eigenvalue weighted by Gasteiger charge is 2.24. The number of benzene rings is 1. The summed E-state index contributed by atoms with van der Waals surface area (Å²) in [6.07, 6.45) is 0.885. The van der Waals surface area contributed by atoms with Crippen molar-refractivity contribution in [1.82, 2.24) is 10.2 Å². The zero-order valence-electron chi connectivity index (χ0n) is 10.7. The highest BCUT2D eigenvalue weighted by atomic mass is 19.1. The van der Waals surface area contributed by atoms with Crippen LogP contribution in [0, 0.1) is 5.82 Å². The van der Waals surface area contributed by atoms with E-state index in [0.717, 1.165) is 25.2 Å². The zero-order valence-corrected chi connectivity index (χ0v) is 10.7. The Morgan fingerprint density at radius 3 is 2.94 bits per heavy atom. The van der Waals surface area contributed by atoms with Gasteiger partial charge in [0.15, 0.2) is 0 Å². The van der Waals surface area contributed by atoms with E-state index in [1.165, 1.54) is 17.0 Å². The summed E-state index contributed by atoms with van der Waals surface area (Å²) in [4.78, 5) is 15.1. The summed E-state index contributed by atoms with van der Waals surface area (Å²) in [5.74, 6) is -0.228. The number of rotatable bonds is 2. The van der Waals surface area contributed by atoms with E-state index in [9.17, 15) is 9.18 Å². The molecular weight excluding hydrogens is 233 g/mol. The quantitative estimate of drug-likeness (QED) is 0.868. The Balaban J connectivity index is 1.94. The molecule has 18 heavy (non-hydrogen) atoms. The first-order valence-electron chi connectivity index (χ1n) is 6.04. The van der Waals surface area contributed by atoms with Crippen LogP contribution in [0.2, 0.25) is 0 Å². The number of anilines is 1. The summed E-state index contributed by atoms with van der Waals surface area (Å²) in [7, 11) is 3.43. The molecule has 1 fully saturated rings. The first-order chi connectivity index (χ1) is 8.56. The third-order valence-electron chi connectivity index (χ3n) is 3.10. The van der Waals surface area contributed by atoms with Gasteiger partial charge in [0.25, 0.3) is 0 Å². The van der Waals surface area contributed by atoms with Gasteiger partial charge in [0.1, 0.15) is 5.82 Å². The second-order valence-electron chi connectivity index (χ2n) is 4.76.